The lowest BCUT2D eigenvalue weighted by Gasteiger charge is -2.39. The van der Waals surface area contributed by atoms with Gasteiger partial charge >= 0.3 is 6.03 Å². The second-order valence-electron chi connectivity index (χ2n) is 8.23. The molecule has 0 atom stereocenters. The minimum absolute atomic E-state index is 0.00179. The summed E-state index contributed by atoms with van der Waals surface area (Å²) >= 11 is 0. The SMILES string of the molecule is CCN(CC)C(=O)N1CCC(C(=O)N2CCN(C(=O)Cc3ccc(F)cc3)CC2)CC1. The Balaban J connectivity index is 1.43. The largest absolute Gasteiger partial charge is 0.339 e. The molecule has 0 N–H and O–H groups in total. The second kappa shape index (κ2) is 10.6. The van der Waals surface area contributed by atoms with Crippen LogP contribution in [0.2, 0.25) is 0 Å². The van der Waals surface area contributed by atoms with Gasteiger partial charge in [-0.2, -0.15) is 0 Å². The molecule has 1 aromatic rings. The van der Waals surface area contributed by atoms with Crippen LogP contribution in [-0.2, 0) is 16.0 Å². The maximum Gasteiger partial charge on any atom is 0.319 e. The van der Waals surface area contributed by atoms with Gasteiger partial charge in [0.2, 0.25) is 11.8 Å². The molecule has 0 aromatic heterocycles. The second-order valence-corrected chi connectivity index (χ2v) is 8.23. The molecule has 1 aromatic carbocycles. The fraction of sp³-hybridized carbons (Fsp3) is 0.609. The molecule has 31 heavy (non-hydrogen) atoms. The summed E-state index contributed by atoms with van der Waals surface area (Å²) in [5.74, 6) is -0.226. The summed E-state index contributed by atoms with van der Waals surface area (Å²) in [4.78, 5) is 45.2. The third-order valence-corrected chi connectivity index (χ3v) is 6.36. The van der Waals surface area contributed by atoms with Gasteiger partial charge in [0.1, 0.15) is 5.82 Å². The lowest BCUT2D eigenvalue weighted by atomic mass is 9.95. The molecule has 0 spiro atoms. The van der Waals surface area contributed by atoms with E-state index in [4.69, 9.17) is 0 Å². The topological polar surface area (TPSA) is 64.2 Å². The molecule has 2 aliphatic rings. The van der Waals surface area contributed by atoms with Crippen LogP contribution in [0.4, 0.5) is 9.18 Å². The number of carbonyl (C=O) groups excluding carboxylic acids is 3. The number of benzene rings is 1. The van der Waals surface area contributed by atoms with E-state index in [9.17, 15) is 18.8 Å². The van der Waals surface area contributed by atoms with Crippen LogP contribution in [0.5, 0.6) is 0 Å². The van der Waals surface area contributed by atoms with Crippen LogP contribution in [0.3, 0.4) is 0 Å². The van der Waals surface area contributed by atoms with Crippen molar-refractivity contribution in [3.05, 3.63) is 35.6 Å². The van der Waals surface area contributed by atoms with Gasteiger partial charge in [-0.15, -0.1) is 0 Å². The number of rotatable bonds is 5. The number of nitrogens with zero attached hydrogens (tertiary/aromatic N) is 4. The van der Waals surface area contributed by atoms with Crippen molar-refractivity contribution in [2.75, 3.05) is 52.4 Å². The molecule has 8 heteroatoms. The van der Waals surface area contributed by atoms with Gasteiger partial charge in [-0.3, -0.25) is 9.59 Å². The van der Waals surface area contributed by atoms with Gasteiger partial charge in [0.05, 0.1) is 6.42 Å². The van der Waals surface area contributed by atoms with Gasteiger partial charge in [-0.25, -0.2) is 9.18 Å². The molecule has 2 aliphatic heterocycles. The summed E-state index contributed by atoms with van der Waals surface area (Å²) < 4.78 is 13.0. The molecule has 0 bridgehead atoms. The number of amides is 4. The first-order chi connectivity index (χ1) is 14.9. The van der Waals surface area contributed by atoms with E-state index in [-0.39, 0.29) is 36.0 Å². The van der Waals surface area contributed by atoms with E-state index in [1.807, 2.05) is 28.5 Å². The highest BCUT2D eigenvalue weighted by molar-refractivity contribution is 5.81. The molecule has 170 valence electrons. The normalized spacial score (nSPS) is 17.6. The van der Waals surface area contributed by atoms with Gasteiger partial charge in [-0.1, -0.05) is 12.1 Å². The van der Waals surface area contributed by atoms with Crippen molar-refractivity contribution >= 4 is 17.8 Å². The number of likely N-dealkylation sites (tertiary alicyclic amines) is 1. The van der Waals surface area contributed by atoms with E-state index in [1.54, 1.807) is 17.0 Å². The molecule has 0 aliphatic carbocycles. The van der Waals surface area contributed by atoms with Gasteiger partial charge in [0.15, 0.2) is 0 Å². The van der Waals surface area contributed by atoms with E-state index in [2.05, 4.69) is 0 Å². The number of urea groups is 1. The van der Waals surface area contributed by atoms with Crippen LogP contribution >= 0.6 is 0 Å². The molecule has 0 unspecified atom stereocenters. The Hall–Kier alpha value is -2.64. The minimum Gasteiger partial charge on any atom is -0.339 e. The Labute approximate surface area is 183 Å². The number of piperidine rings is 1. The van der Waals surface area contributed by atoms with E-state index >= 15 is 0 Å². The highest BCUT2D eigenvalue weighted by atomic mass is 19.1. The quantitative estimate of drug-likeness (QED) is 0.717. The fourth-order valence-corrected chi connectivity index (χ4v) is 4.33. The average Bonchev–Trinajstić information content (AvgIpc) is 2.81. The predicted octanol–water partition coefficient (Wildman–Crippen LogP) is 2.21. The van der Waals surface area contributed by atoms with Crippen molar-refractivity contribution in [1.82, 2.24) is 19.6 Å². The highest BCUT2D eigenvalue weighted by Gasteiger charge is 2.33. The van der Waals surface area contributed by atoms with E-state index < -0.39 is 0 Å². The number of halogens is 1. The van der Waals surface area contributed by atoms with Crippen LogP contribution in [0.1, 0.15) is 32.3 Å². The Morgan fingerprint density at radius 1 is 0.871 bits per heavy atom. The molecule has 2 fully saturated rings. The summed E-state index contributed by atoms with van der Waals surface area (Å²) in [6, 6.07) is 6.04. The average molecular weight is 433 g/mol. The Morgan fingerprint density at radius 3 is 1.97 bits per heavy atom. The Kier molecular flexibility index (Phi) is 7.87. The van der Waals surface area contributed by atoms with Gasteiger partial charge in [0.25, 0.3) is 0 Å². The van der Waals surface area contributed by atoms with Crippen molar-refractivity contribution in [3.8, 4) is 0 Å². The maximum atomic E-state index is 13.0. The number of hydrogen-bond acceptors (Lipinski definition) is 3. The molecule has 3 rings (SSSR count). The third kappa shape index (κ3) is 5.74. The maximum absolute atomic E-state index is 13.0. The highest BCUT2D eigenvalue weighted by Crippen LogP contribution is 2.22. The monoisotopic (exact) mass is 432 g/mol. The molecule has 2 heterocycles. The van der Waals surface area contributed by atoms with Crippen LogP contribution in [0.15, 0.2) is 24.3 Å². The molecule has 4 amide bonds. The molecular weight excluding hydrogens is 399 g/mol. The lowest BCUT2D eigenvalue weighted by Crippen LogP contribution is -2.54. The van der Waals surface area contributed by atoms with Crippen LogP contribution in [0.25, 0.3) is 0 Å². The molecular formula is C23H33FN4O3. The molecule has 2 saturated heterocycles. The molecule has 7 nitrogen and oxygen atoms in total. The number of piperazine rings is 1. The zero-order valence-electron chi connectivity index (χ0n) is 18.6. The van der Waals surface area contributed by atoms with E-state index in [0.29, 0.717) is 65.2 Å². The Bertz CT molecular complexity index is 766. The number of hydrogen-bond donors (Lipinski definition) is 0. The first kappa shape index (κ1) is 23.0. The fourth-order valence-electron chi connectivity index (χ4n) is 4.33. The zero-order valence-corrected chi connectivity index (χ0v) is 18.6. The van der Waals surface area contributed by atoms with Crippen LogP contribution in [0, 0.1) is 11.7 Å². The van der Waals surface area contributed by atoms with Crippen molar-refractivity contribution in [2.24, 2.45) is 5.92 Å². The van der Waals surface area contributed by atoms with E-state index in [0.717, 1.165) is 5.56 Å². The lowest BCUT2D eigenvalue weighted by molar-refractivity contribution is -0.142. The van der Waals surface area contributed by atoms with Gasteiger partial charge in [0, 0.05) is 58.3 Å². The van der Waals surface area contributed by atoms with Crippen LogP contribution < -0.4 is 0 Å². The Morgan fingerprint density at radius 2 is 1.42 bits per heavy atom. The van der Waals surface area contributed by atoms with Crippen molar-refractivity contribution < 1.29 is 18.8 Å². The summed E-state index contributed by atoms with van der Waals surface area (Å²) in [6.45, 7) is 8.67. The summed E-state index contributed by atoms with van der Waals surface area (Å²) in [6.07, 6.45) is 1.62. The first-order valence-corrected chi connectivity index (χ1v) is 11.3. The first-order valence-electron chi connectivity index (χ1n) is 11.3. The predicted molar refractivity (Wildman–Crippen MR) is 116 cm³/mol. The summed E-state index contributed by atoms with van der Waals surface area (Å²) in [5.41, 5.74) is 0.788. The standard InChI is InChI=1S/C23H33FN4O3/c1-3-25(4-2)23(31)28-11-9-19(10-12-28)22(30)27-15-13-26(14-16-27)21(29)17-18-5-7-20(24)8-6-18/h5-8,19H,3-4,9-17H2,1-2H3. The summed E-state index contributed by atoms with van der Waals surface area (Å²) in [5, 5.41) is 0. The van der Waals surface area contributed by atoms with Crippen LogP contribution in [-0.4, -0.2) is 89.8 Å². The number of carbonyl (C=O) groups is 3. The van der Waals surface area contributed by atoms with Gasteiger partial charge < -0.3 is 19.6 Å². The van der Waals surface area contributed by atoms with Gasteiger partial charge in [-0.05, 0) is 44.4 Å². The van der Waals surface area contributed by atoms with Crippen molar-refractivity contribution in [3.63, 3.8) is 0 Å². The minimum atomic E-state index is -0.313. The smallest absolute Gasteiger partial charge is 0.319 e. The summed E-state index contributed by atoms with van der Waals surface area (Å²) in [7, 11) is 0. The zero-order chi connectivity index (χ0) is 22.4. The molecule has 0 radical (unpaired) electrons. The van der Waals surface area contributed by atoms with E-state index in [1.165, 1.54) is 12.1 Å². The molecule has 0 saturated carbocycles. The van der Waals surface area contributed by atoms with Crippen molar-refractivity contribution in [2.45, 2.75) is 33.1 Å². The third-order valence-electron chi connectivity index (χ3n) is 6.36. The van der Waals surface area contributed by atoms with Crippen molar-refractivity contribution in [1.29, 1.82) is 0 Å².